The predicted molar refractivity (Wildman–Crippen MR) is 49.2 cm³/mol. The number of carbonyl (C=O) groups is 2. The fourth-order valence-electron chi connectivity index (χ4n) is 1.63. The summed E-state index contributed by atoms with van der Waals surface area (Å²) >= 11 is 0. The van der Waals surface area contributed by atoms with Crippen LogP contribution >= 0.6 is 0 Å². The van der Waals surface area contributed by atoms with Gasteiger partial charge in [-0.3, -0.25) is 9.59 Å². The summed E-state index contributed by atoms with van der Waals surface area (Å²) in [6.45, 7) is 0.172. The van der Waals surface area contributed by atoms with Gasteiger partial charge in [-0.05, 0) is 11.6 Å². The minimum atomic E-state index is -0.905. The van der Waals surface area contributed by atoms with Crippen molar-refractivity contribution in [3.8, 4) is 0 Å². The number of rotatable bonds is 1. The lowest BCUT2D eigenvalue weighted by Crippen LogP contribution is -2.37. The molecule has 0 saturated carbocycles. The summed E-state index contributed by atoms with van der Waals surface area (Å²) in [5, 5.41) is 11.5. The zero-order valence-corrected chi connectivity index (χ0v) is 7.36. The average Bonchev–Trinajstić information content (AvgIpc) is 2.18. The number of hydrogen-bond acceptors (Lipinski definition) is 2. The van der Waals surface area contributed by atoms with Gasteiger partial charge in [0.15, 0.2) is 0 Å². The molecule has 0 spiro atoms. The predicted octanol–water partition coefficient (Wildman–Crippen LogP) is 0.598. The molecule has 1 amide bonds. The summed E-state index contributed by atoms with van der Waals surface area (Å²) in [6.07, 6.45) is 0. The number of carboxylic acids is 1. The second kappa shape index (κ2) is 3.14. The van der Waals surface area contributed by atoms with E-state index in [0.29, 0.717) is 11.1 Å². The maximum atomic E-state index is 11.3. The molecule has 4 nitrogen and oxygen atoms in total. The molecule has 0 aliphatic carbocycles. The van der Waals surface area contributed by atoms with Crippen LogP contribution in [0.3, 0.4) is 0 Å². The first-order chi connectivity index (χ1) is 6.70. The van der Waals surface area contributed by atoms with Crippen LogP contribution in [-0.2, 0) is 4.79 Å². The van der Waals surface area contributed by atoms with Gasteiger partial charge >= 0.3 is 5.97 Å². The molecule has 2 rings (SSSR count). The Morgan fingerprint density at radius 1 is 1.43 bits per heavy atom. The Balaban J connectivity index is 2.52. The monoisotopic (exact) mass is 191 g/mol. The molecule has 72 valence electrons. The number of nitrogens with one attached hydrogen (secondary N) is 1. The fraction of sp³-hybridized carbons (Fsp3) is 0.200. The number of fused-ring (bicyclic) bond motifs is 1. The number of amides is 1. The van der Waals surface area contributed by atoms with Gasteiger partial charge in [0.25, 0.3) is 5.91 Å². The lowest BCUT2D eigenvalue weighted by atomic mass is 9.91. The molecule has 4 heteroatoms. The molecule has 1 atom stereocenters. The van der Waals surface area contributed by atoms with E-state index in [4.69, 9.17) is 5.11 Å². The Morgan fingerprint density at radius 2 is 2.14 bits per heavy atom. The van der Waals surface area contributed by atoms with Crippen molar-refractivity contribution in [1.29, 1.82) is 0 Å². The van der Waals surface area contributed by atoms with E-state index in [1.165, 1.54) is 0 Å². The van der Waals surface area contributed by atoms with Crippen LogP contribution in [0.15, 0.2) is 24.3 Å². The van der Waals surface area contributed by atoms with Gasteiger partial charge in [0.1, 0.15) is 0 Å². The van der Waals surface area contributed by atoms with Crippen LogP contribution in [0.4, 0.5) is 0 Å². The second-order valence-corrected chi connectivity index (χ2v) is 3.19. The third-order valence-electron chi connectivity index (χ3n) is 2.35. The van der Waals surface area contributed by atoms with E-state index in [0.717, 1.165) is 0 Å². The van der Waals surface area contributed by atoms with Crippen LogP contribution in [0, 0.1) is 0 Å². The lowest BCUT2D eigenvalue weighted by Gasteiger charge is -2.22. The fourth-order valence-corrected chi connectivity index (χ4v) is 1.63. The minimum absolute atomic E-state index is 0.172. The largest absolute Gasteiger partial charge is 0.481 e. The highest BCUT2D eigenvalue weighted by molar-refractivity contribution is 5.99. The van der Waals surface area contributed by atoms with E-state index < -0.39 is 11.9 Å². The minimum Gasteiger partial charge on any atom is -0.481 e. The molecule has 1 heterocycles. The molecule has 1 aliphatic rings. The van der Waals surface area contributed by atoms with Crippen LogP contribution in [-0.4, -0.2) is 23.5 Å². The van der Waals surface area contributed by atoms with Gasteiger partial charge in [0.2, 0.25) is 0 Å². The molecular formula is C10H9NO3. The molecule has 0 aromatic heterocycles. The number of hydrogen-bond donors (Lipinski definition) is 2. The summed E-state index contributed by atoms with van der Waals surface area (Å²) in [7, 11) is 0. The van der Waals surface area contributed by atoms with Crippen molar-refractivity contribution >= 4 is 11.9 Å². The van der Waals surface area contributed by atoms with Crippen molar-refractivity contribution < 1.29 is 14.7 Å². The van der Waals surface area contributed by atoms with Gasteiger partial charge in [-0.15, -0.1) is 0 Å². The van der Waals surface area contributed by atoms with Gasteiger partial charge in [-0.25, -0.2) is 0 Å². The molecule has 14 heavy (non-hydrogen) atoms. The van der Waals surface area contributed by atoms with Crippen LogP contribution in [0.25, 0.3) is 0 Å². The van der Waals surface area contributed by atoms with Gasteiger partial charge in [-0.1, -0.05) is 18.2 Å². The summed E-state index contributed by atoms with van der Waals surface area (Å²) in [5.74, 6) is -1.72. The summed E-state index contributed by atoms with van der Waals surface area (Å²) in [4.78, 5) is 22.2. The highest BCUT2D eigenvalue weighted by Gasteiger charge is 2.29. The van der Waals surface area contributed by atoms with Crippen molar-refractivity contribution in [3.63, 3.8) is 0 Å². The Hall–Kier alpha value is -1.84. The van der Waals surface area contributed by atoms with Crippen molar-refractivity contribution in [3.05, 3.63) is 35.4 Å². The molecule has 2 N–H and O–H groups in total. The standard InChI is InChI=1S/C10H9NO3/c12-9-7-4-2-1-3-6(7)8(5-11-9)10(13)14/h1-4,8H,5H2,(H,11,12)(H,13,14). The first-order valence-corrected chi connectivity index (χ1v) is 4.30. The Kier molecular flexibility index (Phi) is 1.96. The molecule has 0 radical (unpaired) electrons. The SMILES string of the molecule is O=C1NCC(C(=O)O)c2ccccc21. The quantitative estimate of drug-likeness (QED) is 0.683. The molecule has 1 unspecified atom stereocenters. The van der Waals surface area contributed by atoms with E-state index in [2.05, 4.69) is 5.32 Å². The van der Waals surface area contributed by atoms with Crippen LogP contribution in [0.1, 0.15) is 21.8 Å². The smallest absolute Gasteiger partial charge is 0.312 e. The molecule has 1 aliphatic heterocycles. The van der Waals surface area contributed by atoms with Gasteiger partial charge in [0.05, 0.1) is 5.92 Å². The molecular weight excluding hydrogens is 182 g/mol. The highest BCUT2D eigenvalue weighted by atomic mass is 16.4. The molecule has 1 aromatic rings. The Morgan fingerprint density at radius 3 is 2.86 bits per heavy atom. The molecule has 1 aromatic carbocycles. The van der Waals surface area contributed by atoms with E-state index >= 15 is 0 Å². The zero-order chi connectivity index (χ0) is 10.1. The van der Waals surface area contributed by atoms with Crippen LogP contribution in [0.5, 0.6) is 0 Å². The average molecular weight is 191 g/mol. The van der Waals surface area contributed by atoms with Gasteiger partial charge < -0.3 is 10.4 Å². The van der Waals surface area contributed by atoms with Crippen molar-refractivity contribution in [2.75, 3.05) is 6.54 Å². The number of benzene rings is 1. The van der Waals surface area contributed by atoms with E-state index in [9.17, 15) is 9.59 Å². The molecule has 0 bridgehead atoms. The van der Waals surface area contributed by atoms with Crippen molar-refractivity contribution in [2.45, 2.75) is 5.92 Å². The van der Waals surface area contributed by atoms with E-state index in [-0.39, 0.29) is 12.5 Å². The molecule has 0 saturated heterocycles. The number of aliphatic carboxylic acids is 1. The summed E-state index contributed by atoms with van der Waals surface area (Å²) in [5.41, 5.74) is 1.06. The van der Waals surface area contributed by atoms with Crippen LogP contribution in [0.2, 0.25) is 0 Å². The maximum absolute atomic E-state index is 11.3. The number of carbonyl (C=O) groups excluding carboxylic acids is 1. The maximum Gasteiger partial charge on any atom is 0.312 e. The molecule has 0 fully saturated rings. The third-order valence-corrected chi connectivity index (χ3v) is 2.35. The van der Waals surface area contributed by atoms with Crippen molar-refractivity contribution in [2.24, 2.45) is 0 Å². The highest BCUT2D eigenvalue weighted by Crippen LogP contribution is 2.23. The zero-order valence-electron chi connectivity index (χ0n) is 7.36. The lowest BCUT2D eigenvalue weighted by molar-refractivity contribution is -0.138. The van der Waals surface area contributed by atoms with Crippen molar-refractivity contribution in [1.82, 2.24) is 5.32 Å². The Bertz CT molecular complexity index is 400. The summed E-state index contributed by atoms with van der Waals surface area (Å²) in [6, 6.07) is 6.79. The first kappa shape index (κ1) is 8.74. The van der Waals surface area contributed by atoms with E-state index in [1.807, 2.05) is 0 Å². The first-order valence-electron chi connectivity index (χ1n) is 4.30. The topological polar surface area (TPSA) is 66.4 Å². The summed E-state index contributed by atoms with van der Waals surface area (Å²) < 4.78 is 0. The van der Waals surface area contributed by atoms with Crippen LogP contribution < -0.4 is 5.32 Å². The normalized spacial score (nSPS) is 19.7. The number of carboxylic acid groups (broad SMARTS) is 1. The Labute approximate surface area is 80.6 Å². The van der Waals surface area contributed by atoms with Gasteiger partial charge in [0, 0.05) is 12.1 Å². The second-order valence-electron chi connectivity index (χ2n) is 3.19. The third kappa shape index (κ3) is 1.25. The van der Waals surface area contributed by atoms with Gasteiger partial charge in [-0.2, -0.15) is 0 Å². The van der Waals surface area contributed by atoms with E-state index in [1.54, 1.807) is 24.3 Å².